The first kappa shape index (κ1) is 18.9. The number of nitro benzene ring substituents is 1. The molecule has 6 nitrogen and oxygen atoms in total. The van der Waals surface area contributed by atoms with Gasteiger partial charge in [0.05, 0.1) is 20.5 Å². The van der Waals surface area contributed by atoms with Gasteiger partial charge < -0.3 is 4.74 Å². The normalized spacial score (nSPS) is 15.2. The second-order valence-electron chi connectivity index (χ2n) is 5.66. The molecule has 0 spiro atoms. The molecule has 0 N–H and O–H groups in total. The number of cyclic esters (lactones) is 1. The fraction of sp³-hybridized carbons (Fsp3) is 0. The second kappa shape index (κ2) is 7.18. The molecular weight excluding hydrogens is 447 g/mol. The summed E-state index contributed by atoms with van der Waals surface area (Å²) in [4.78, 5) is 27.4. The lowest BCUT2D eigenvalue weighted by atomic mass is 10.1. The number of nitrogens with zero attached hydrogens (tertiary/aromatic N) is 2. The van der Waals surface area contributed by atoms with Gasteiger partial charge in [0, 0.05) is 21.2 Å². The Morgan fingerprint density at radius 1 is 1.18 bits per heavy atom. The third-order valence-electron chi connectivity index (χ3n) is 3.89. The quantitative estimate of drug-likeness (QED) is 0.207. The van der Waals surface area contributed by atoms with Crippen molar-refractivity contribution < 1.29 is 14.5 Å². The van der Waals surface area contributed by atoms with Crippen LogP contribution in [0.2, 0.25) is 15.1 Å². The number of hydrogen-bond donors (Lipinski definition) is 0. The van der Waals surface area contributed by atoms with E-state index in [0.29, 0.717) is 30.0 Å². The first-order chi connectivity index (χ1) is 13.3. The van der Waals surface area contributed by atoms with Crippen LogP contribution in [0.1, 0.15) is 10.4 Å². The Balaban J connectivity index is 1.81. The predicted octanol–water partition coefficient (Wildman–Crippen LogP) is 6.11. The van der Waals surface area contributed by atoms with Crippen LogP contribution in [-0.2, 0) is 9.53 Å². The lowest BCUT2D eigenvalue weighted by molar-refractivity contribution is -0.385. The minimum Gasteiger partial charge on any atom is -0.401 e. The lowest BCUT2D eigenvalue weighted by Gasteiger charge is -1.97. The summed E-state index contributed by atoms with van der Waals surface area (Å²) in [5, 5.41) is 12.8. The molecule has 0 atom stereocenters. The van der Waals surface area contributed by atoms with E-state index >= 15 is 0 Å². The van der Waals surface area contributed by atoms with Gasteiger partial charge in [-0.2, -0.15) is 0 Å². The van der Waals surface area contributed by atoms with Gasteiger partial charge in [-0.25, -0.2) is 9.79 Å². The average molecular weight is 454 g/mol. The Morgan fingerprint density at radius 2 is 1.93 bits per heavy atom. The minimum absolute atomic E-state index is 0.00761. The summed E-state index contributed by atoms with van der Waals surface area (Å²) in [5.74, 6) is -0.723. The number of carbonyl (C=O) groups excluding carboxylic acids is 1. The van der Waals surface area contributed by atoms with Gasteiger partial charge in [0.25, 0.3) is 5.69 Å². The first-order valence-corrected chi connectivity index (χ1v) is 9.63. The highest BCUT2D eigenvalue weighted by Crippen LogP contribution is 2.42. The maximum absolute atomic E-state index is 12.2. The van der Waals surface area contributed by atoms with Gasteiger partial charge in [-0.15, -0.1) is 11.3 Å². The molecule has 28 heavy (non-hydrogen) atoms. The van der Waals surface area contributed by atoms with Crippen molar-refractivity contribution in [3.63, 3.8) is 0 Å². The SMILES string of the molecule is O=C1OC(c2sc3cc(Cl)cc(Cl)c3c2Cl)=N/C1=C\c1ccccc1[N+](=O)[O-]. The molecule has 0 fully saturated rings. The molecule has 3 aromatic rings. The van der Waals surface area contributed by atoms with Crippen LogP contribution in [-0.4, -0.2) is 16.8 Å². The van der Waals surface area contributed by atoms with Crippen LogP contribution >= 0.6 is 46.1 Å². The zero-order chi connectivity index (χ0) is 20.0. The number of rotatable bonds is 3. The molecule has 2 heterocycles. The average Bonchev–Trinajstić information content (AvgIpc) is 3.15. The van der Waals surface area contributed by atoms with Gasteiger partial charge in [-0.1, -0.05) is 46.9 Å². The molecule has 0 bridgehead atoms. The van der Waals surface area contributed by atoms with Gasteiger partial charge in [0.2, 0.25) is 5.90 Å². The molecule has 0 amide bonds. The number of ether oxygens (including phenoxy) is 1. The number of aliphatic imine (C=N–C) groups is 1. The number of halogens is 3. The van der Waals surface area contributed by atoms with Gasteiger partial charge in [0.15, 0.2) is 5.70 Å². The van der Waals surface area contributed by atoms with E-state index in [2.05, 4.69) is 4.99 Å². The van der Waals surface area contributed by atoms with Crippen LogP contribution in [0.5, 0.6) is 0 Å². The number of carbonyl (C=O) groups is 1. The Morgan fingerprint density at radius 3 is 2.68 bits per heavy atom. The molecule has 4 rings (SSSR count). The van der Waals surface area contributed by atoms with E-state index in [0.717, 1.165) is 0 Å². The first-order valence-electron chi connectivity index (χ1n) is 7.68. The van der Waals surface area contributed by atoms with Crippen LogP contribution in [0.4, 0.5) is 5.69 Å². The summed E-state index contributed by atoms with van der Waals surface area (Å²) in [7, 11) is 0. The minimum atomic E-state index is -0.731. The monoisotopic (exact) mass is 452 g/mol. The van der Waals surface area contributed by atoms with E-state index in [4.69, 9.17) is 39.5 Å². The van der Waals surface area contributed by atoms with Gasteiger partial charge >= 0.3 is 5.97 Å². The third kappa shape index (κ3) is 3.27. The van der Waals surface area contributed by atoms with E-state index in [1.54, 1.807) is 18.2 Å². The fourth-order valence-electron chi connectivity index (χ4n) is 2.68. The number of nitro groups is 1. The Labute approximate surface area is 176 Å². The Hall–Kier alpha value is -2.45. The van der Waals surface area contributed by atoms with Crippen molar-refractivity contribution in [2.45, 2.75) is 0 Å². The molecule has 0 saturated heterocycles. The summed E-state index contributed by atoms with van der Waals surface area (Å²) >= 11 is 19.9. The number of hydrogen-bond acceptors (Lipinski definition) is 6. The molecule has 0 saturated carbocycles. The van der Waals surface area contributed by atoms with Crippen LogP contribution < -0.4 is 0 Å². The van der Waals surface area contributed by atoms with Gasteiger partial charge in [-0.05, 0) is 24.3 Å². The van der Waals surface area contributed by atoms with Crippen LogP contribution in [0, 0.1) is 10.1 Å². The molecule has 0 aliphatic carbocycles. The van der Waals surface area contributed by atoms with Gasteiger partial charge in [-0.3, -0.25) is 10.1 Å². The highest BCUT2D eigenvalue weighted by molar-refractivity contribution is 7.21. The maximum atomic E-state index is 12.2. The molecule has 0 radical (unpaired) electrons. The molecule has 2 aromatic carbocycles. The standard InChI is InChI=1S/C18H7Cl3N2O4S/c19-9-6-10(20)14-13(7-9)28-16(15(14)21)17-22-11(18(24)27-17)5-8-3-1-2-4-12(8)23(25)26/h1-7H/b11-5-. The summed E-state index contributed by atoms with van der Waals surface area (Å²) in [5.41, 5.74) is 0.0245. The number of benzene rings is 2. The van der Waals surface area contributed by atoms with E-state index in [-0.39, 0.29) is 22.8 Å². The van der Waals surface area contributed by atoms with Gasteiger partial charge in [0.1, 0.15) is 4.88 Å². The van der Waals surface area contributed by atoms with Crippen molar-refractivity contribution in [2.24, 2.45) is 4.99 Å². The van der Waals surface area contributed by atoms with Crippen LogP contribution in [0.25, 0.3) is 16.2 Å². The summed E-state index contributed by atoms with van der Waals surface area (Å²) < 4.78 is 5.95. The third-order valence-corrected chi connectivity index (χ3v) is 6.02. The molecular formula is C18H7Cl3N2O4S. The fourth-order valence-corrected chi connectivity index (χ4v) is 4.98. The van der Waals surface area contributed by atoms with E-state index in [9.17, 15) is 14.9 Å². The molecule has 1 aromatic heterocycles. The van der Waals surface area contributed by atoms with E-state index in [1.165, 1.54) is 35.6 Å². The van der Waals surface area contributed by atoms with Crippen molar-refractivity contribution in [3.05, 3.63) is 77.7 Å². The van der Waals surface area contributed by atoms with Crippen LogP contribution in [0.3, 0.4) is 0 Å². The lowest BCUT2D eigenvalue weighted by Crippen LogP contribution is -2.04. The maximum Gasteiger partial charge on any atom is 0.363 e. The largest absolute Gasteiger partial charge is 0.401 e. The summed E-state index contributed by atoms with van der Waals surface area (Å²) in [6.07, 6.45) is 1.30. The highest BCUT2D eigenvalue weighted by atomic mass is 35.5. The Kier molecular flexibility index (Phi) is 4.84. The number of esters is 1. The van der Waals surface area contributed by atoms with Crippen molar-refractivity contribution in [3.8, 4) is 0 Å². The van der Waals surface area contributed by atoms with Crippen molar-refractivity contribution >= 4 is 79.9 Å². The molecule has 140 valence electrons. The van der Waals surface area contributed by atoms with E-state index < -0.39 is 10.9 Å². The predicted molar refractivity (Wildman–Crippen MR) is 111 cm³/mol. The number of thiophene rings is 1. The molecule has 10 heteroatoms. The molecule has 1 aliphatic heterocycles. The Bertz CT molecular complexity index is 1230. The molecule has 1 aliphatic rings. The zero-order valence-corrected chi connectivity index (χ0v) is 16.7. The van der Waals surface area contributed by atoms with Crippen LogP contribution in [0.15, 0.2) is 47.1 Å². The zero-order valence-electron chi connectivity index (χ0n) is 13.6. The molecule has 0 unspecified atom stereocenters. The van der Waals surface area contributed by atoms with E-state index in [1.807, 2.05) is 0 Å². The van der Waals surface area contributed by atoms with Crippen molar-refractivity contribution in [1.82, 2.24) is 0 Å². The highest BCUT2D eigenvalue weighted by Gasteiger charge is 2.29. The van der Waals surface area contributed by atoms with Crippen molar-refractivity contribution in [1.29, 1.82) is 0 Å². The summed E-state index contributed by atoms with van der Waals surface area (Å²) in [6.45, 7) is 0. The number of para-hydroxylation sites is 1. The smallest absolute Gasteiger partial charge is 0.363 e. The summed E-state index contributed by atoms with van der Waals surface area (Å²) in [6, 6.07) is 9.28. The number of fused-ring (bicyclic) bond motifs is 1. The van der Waals surface area contributed by atoms with Crippen molar-refractivity contribution in [2.75, 3.05) is 0 Å². The topological polar surface area (TPSA) is 81.8 Å². The second-order valence-corrected chi connectivity index (χ2v) is 7.93.